The number of hydrogen-bond acceptors (Lipinski definition) is 2. The normalized spacial score (nSPS) is 18.0. The van der Waals surface area contributed by atoms with Crippen LogP contribution in [0.4, 0.5) is 0 Å². The Balaban J connectivity index is 3.35. The highest BCUT2D eigenvalue weighted by molar-refractivity contribution is 4.74. The largest absolute Gasteiger partial charge is 0.327 e. The summed E-state index contributed by atoms with van der Waals surface area (Å²) in [6, 6.07) is 0.576. The number of nitrogens with one attached hydrogen (secondary N) is 1. The number of rotatable bonds is 3. The topological polar surface area (TPSA) is 38.0 Å². The summed E-state index contributed by atoms with van der Waals surface area (Å²) in [6.45, 7) is 5.71. The number of likely N-dealkylation sites (N-methyl/N-ethyl adjacent to an activating group) is 1. The highest BCUT2D eigenvalue weighted by atomic mass is 14.9. The molecule has 0 rings (SSSR count). The minimum atomic E-state index is 0.206. The van der Waals surface area contributed by atoms with Crippen molar-refractivity contribution in [1.82, 2.24) is 5.32 Å². The second-order valence-corrected chi connectivity index (χ2v) is 2.04. The smallest absolute Gasteiger partial charge is 0.0213 e. The van der Waals surface area contributed by atoms with Crippen LogP contribution >= 0.6 is 0 Å². The monoisotopic (exact) mass is 115 g/mol. The maximum atomic E-state index is 5.56. The van der Waals surface area contributed by atoms with Crippen molar-refractivity contribution in [3.63, 3.8) is 0 Å². The summed E-state index contributed by atoms with van der Waals surface area (Å²) in [7, 11) is 1.90. The van der Waals surface area contributed by atoms with Gasteiger partial charge < -0.3 is 11.1 Å². The van der Waals surface area contributed by atoms with Gasteiger partial charge in [0.05, 0.1) is 0 Å². The maximum absolute atomic E-state index is 5.56. The Hall–Kier alpha value is -0.0800. The Morgan fingerprint density at radius 3 is 2.25 bits per heavy atom. The molecule has 0 amide bonds. The molecule has 0 aliphatic heterocycles. The van der Waals surface area contributed by atoms with E-state index in [2.05, 4.69) is 12.2 Å². The van der Waals surface area contributed by atoms with E-state index in [4.69, 9.17) is 5.73 Å². The first-order valence-corrected chi connectivity index (χ1v) is 2.94. The van der Waals surface area contributed by atoms with Crippen LogP contribution < -0.4 is 11.1 Å². The molecule has 0 heterocycles. The zero-order chi connectivity index (χ0) is 6.57. The Labute approximate surface area is 51.5 Å². The van der Waals surface area contributed by atoms with Gasteiger partial charge in [-0.1, -0.05) is 6.92 Å². The fraction of sp³-hybridized carbons (Fsp3) is 0.833. The Bertz CT molecular complexity index is 48.5. The summed E-state index contributed by atoms with van der Waals surface area (Å²) >= 11 is 0. The quantitative estimate of drug-likeness (QED) is 0.549. The molecule has 2 nitrogen and oxygen atoms in total. The van der Waals surface area contributed by atoms with E-state index in [9.17, 15) is 0 Å². The summed E-state index contributed by atoms with van der Waals surface area (Å²) in [4.78, 5) is 0. The van der Waals surface area contributed by atoms with E-state index >= 15 is 0 Å². The van der Waals surface area contributed by atoms with Crippen molar-refractivity contribution >= 4 is 0 Å². The van der Waals surface area contributed by atoms with Crippen molar-refractivity contribution in [2.45, 2.75) is 25.4 Å². The molecule has 0 aromatic heterocycles. The average molecular weight is 115 g/mol. The lowest BCUT2D eigenvalue weighted by atomic mass is 10.1. The van der Waals surface area contributed by atoms with Gasteiger partial charge in [-0.2, -0.15) is 0 Å². The first-order valence-electron chi connectivity index (χ1n) is 2.94. The lowest BCUT2D eigenvalue weighted by Crippen LogP contribution is -2.40. The third-order valence-corrected chi connectivity index (χ3v) is 1.32. The van der Waals surface area contributed by atoms with Crippen molar-refractivity contribution < 1.29 is 0 Å². The Morgan fingerprint density at radius 1 is 1.75 bits per heavy atom. The predicted octanol–water partition coefficient (Wildman–Crippen LogP) is 0.146. The van der Waals surface area contributed by atoms with Crippen molar-refractivity contribution in [3.8, 4) is 0 Å². The predicted molar refractivity (Wildman–Crippen MR) is 36.5 cm³/mol. The van der Waals surface area contributed by atoms with Crippen LogP contribution in [0.2, 0.25) is 0 Å². The van der Waals surface area contributed by atoms with Gasteiger partial charge >= 0.3 is 0 Å². The van der Waals surface area contributed by atoms with Gasteiger partial charge in [0.2, 0.25) is 0 Å². The molecule has 8 heavy (non-hydrogen) atoms. The summed E-state index contributed by atoms with van der Waals surface area (Å²) in [5.74, 6) is 0. The molecular formula is C6H15N2. The first-order chi connectivity index (χ1) is 3.72. The van der Waals surface area contributed by atoms with Gasteiger partial charge in [0.15, 0.2) is 0 Å². The summed E-state index contributed by atoms with van der Waals surface area (Å²) < 4.78 is 0. The second-order valence-electron chi connectivity index (χ2n) is 2.04. The minimum Gasteiger partial charge on any atom is -0.327 e. The van der Waals surface area contributed by atoms with Crippen LogP contribution in [0, 0.1) is 6.92 Å². The molecule has 0 saturated carbocycles. The van der Waals surface area contributed by atoms with E-state index in [1.165, 1.54) is 0 Å². The molecule has 49 valence electrons. The third-order valence-electron chi connectivity index (χ3n) is 1.32. The number of hydrogen-bond donors (Lipinski definition) is 2. The molecule has 0 aromatic rings. The summed E-state index contributed by atoms with van der Waals surface area (Å²) in [5, 5.41) is 3.06. The molecule has 2 atom stereocenters. The number of nitrogens with two attached hydrogens (primary N) is 1. The second kappa shape index (κ2) is 3.87. The van der Waals surface area contributed by atoms with Gasteiger partial charge in [-0.05, 0) is 20.4 Å². The maximum Gasteiger partial charge on any atom is 0.0213 e. The van der Waals surface area contributed by atoms with Crippen molar-refractivity contribution in [3.05, 3.63) is 6.92 Å². The van der Waals surface area contributed by atoms with Gasteiger partial charge in [0.25, 0.3) is 0 Å². The highest BCUT2D eigenvalue weighted by Gasteiger charge is 2.05. The van der Waals surface area contributed by atoms with E-state index in [1.807, 2.05) is 14.0 Å². The molecule has 0 aliphatic rings. The SMILES string of the molecule is [CH2]CC(NC)C(C)N. The zero-order valence-corrected chi connectivity index (χ0v) is 5.65. The lowest BCUT2D eigenvalue weighted by Gasteiger charge is -2.16. The van der Waals surface area contributed by atoms with E-state index in [1.54, 1.807) is 0 Å². The lowest BCUT2D eigenvalue weighted by molar-refractivity contribution is 0.486. The fourth-order valence-corrected chi connectivity index (χ4v) is 0.670. The molecule has 1 radical (unpaired) electrons. The highest BCUT2D eigenvalue weighted by Crippen LogP contribution is 1.91. The molecular weight excluding hydrogens is 100 g/mol. The van der Waals surface area contributed by atoms with Gasteiger partial charge in [-0.25, -0.2) is 0 Å². The van der Waals surface area contributed by atoms with Gasteiger partial charge in [0, 0.05) is 12.1 Å². The van der Waals surface area contributed by atoms with Crippen LogP contribution in [-0.2, 0) is 0 Å². The molecule has 2 unspecified atom stereocenters. The van der Waals surface area contributed by atoms with Crippen LogP contribution in [0.15, 0.2) is 0 Å². The van der Waals surface area contributed by atoms with Gasteiger partial charge in [0.1, 0.15) is 0 Å². The summed E-state index contributed by atoms with van der Waals surface area (Å²) in [6.07, 6.45) is 0.855. The van der Waals surface area contributed by atoms with E-state index < -0.39 is 0 Å². The van der Waals surface area contributed by atoms with Crippen LogP contribution in [-0.4, -0.2) is 19.1 Å². The Kier molecular flexibility index (Phi) is 3.83. The third kappa shape index (κ3) is 2.28. The average Bonchev–Trinajstić information content (AvgIpc) is 1.69. The van der Waals surface area contributed by atoms with Crippen molar-refractivity contribution in [2.75, 3.05) is 7.05 Å². The molecule has 0 saturated heterocycles. The van der Waals surface area contributed by atoms with Crippen molar-refractivity contribution in [2.24, 2.45) is 5.73 Å². The Morgan fingerprint density at radius 2 is 2.25 bits per heavy atom. The standard InChI is InChI=1S/C6H15N2/c1-4-6(8-3)5(2)7/h5-6,8H,1,4,7H2,2-3H3. The van der Waals surface area contributed by atoms with E-state index in [0.29, 0.717) is 6.04 Å². The van der Waals surface area contributed by atoms with Crippen LogP contribution in [0.3, 0.4) is 0 Å². The molecule has 2 heteroatoms. The van der Waals surface area contributed by atoms with Gasteiger partial charge in [-0.15, -0.1) is 0 Å². The van der Waals surface area contributed by atoms with Crippen molar-refractivity contribution in [1.29, 1.82) is 0 Å². The summed E-state index contributed by atoms with van der Waals surface area (Å²) in [5.41, 5.74) is 5.56. The molecule has 0 aromatic carbocycles. The first kappa shape index (κ1) is 7.92. The van der Waals surface area contributed by atoms with E-state index in [-0.39, 0.29) is 6.04 Å². The van der Waals surface area contributed by atoms with Gasteiger partial charge in [-0.3, -0.25) is 0 Å². The van der Waals surface area contributed by atoms with Crippen LogP contribution in [0.25, 0.3) is 0 Å². The molecule has 3 N–H and O–H groups in total. The molecule has 0 fully saturated rings. The molecule has 0 spiro atoms. The van der Waals surface area contributed by atoms with Crippen LogP contribution in [0.1, 0.15) is 13.3 Å². The fourth-order valence-electron chi connectivity index (χ4n) is 0.670. The molecule has 0 bridgehead atoms. The van der Waals surface area contributed by atoms with Crippen LogP contribution in [0.5, 0.6) is 0 Å². The zero-order valence-electron chi connectivity index (χ0n) is 5.65. The van der Waals surface area contributed by atoms with E-state index in [0.717, 1.165) is 6.42 Å². The molecule has 0 aliphatic carbocycles. The minimum absolute atomic E-state index is 0.206.